The predicted molar refractivity (Wildman–Crippen MR) is 107 cm³/mol. The highest BCUT2D eigenvalue weighted by atomic mass is 32.2. The second-order valence-electron chi connectivity index (χ2n) is 7.06. The Morgan fingerprint density at radius 1 is 0.724 bits per heavy atom. The van der Waals surface area contributed by atoms with Crippen LogP contribution in [0.4, 0.5) is 0 Å². The number of aryl methyl sites for hydroxylation is 2. The van der Waals surface area contributed by atoms with E-state index < -0.39 is 32.4 Å². The van der Waals surface area contributed by atoms with Crippen molar-refractivity contribution in [1.29, 1.82) is 0 Å². The molecule has 0 amide bonds. The van der Waals surface area contributed by atoms with Crippen LogP contribution in [0, 0.1) is 13.8 Å². The lowest BCUT2D eigenvalue weighted by Crippen LogP contribution is -2.23. The Balaban J connectivity index is 1.49. The topological polar surface area (TPSA) is 96.0 Å². The van der Waals surface area contributed by atoms with Crippen LogP contribution in [0.2, 0.25) is 0 Å². The molecule has 3 rings (SSSR count). The second-order valence-corrected chi connectivity index (χ2v) is 10.3. The molecule has 1 aliphatic heterocycles. The molecule has 0 bridgehead atoms. The molecule has 0 aromatic heterocycles. The zero-order valence-corrected chi connectivity index (χ0v) is 17.9. The molecule has 1 saturated heterocycles. The Kier molecular flexibility index (Phi) is 6.75. The maximum Gasteiger partial charge on any atom is 0.297 e. The monoisotopic (exact) mass is 440 g/mol. The van der Waals surface area contributed by atoms with Gasteiger partial charge in [-0.15, -0.1) is 0 Å². The molecule has 2 atom stereocenters. The molecule has 1 fully saturated rings. The van der Waals surface area contributed by atoms with Gasteiger partial charge in [-0.1, -0.05) is 35.4 Å². The molecule has 7 nitrogen and oxygen atoms in total. The molecule has 1 heterocycles. The minimum absolute atomic E-state index is 0.0881. The van der Waals surface area contributed by atoms with Crippen molar-refractivity contribution in [2.24, 2.45) is 0 Å². The fourth-order valence-corrected chi connectivity index (χ4v) is 4.78. The van der Waals surface area contributed by atoms with Crippen molar-refractivity contribution in [3.05, 3.63) is 59.7 Å². The summed E-state index contributed by atoms with van der Waals surface area (Å²) >= 11 is 0. The molecule has 29 heavy (non-hydrogen) atoms. The Labute approximate surface area is 171 Å². The summed E-state index contributed by atoms with van der Waals surface area (Å²) < 4.78 is 64.8. The third kappa shape index (κ3) is 5.86. The molecule has 1 aliphatic rings. The van der Waals surface area contributed by atoms with Gasteiger partial charge in [0.1, 0.15) is 0 Å². The van der Waals surface area contributed by atoms with Gasteiger partial charge in [-0.25, -0.2) is 0 Å². The van der Waals surface area contributed by atoms with Gasteiger partial charge in [-0.2, -0.15) is 16.8 Å². The van der Waals surface area contributed by atoms with Crippen molar-refractivity contribution in [2.45, 2.75) is 48.7 Å². The SMILES string of the molecule is Cc1ccc(S(=O)(=O)OC[C@H]2CC[C@@H](COS(=O)(=O)c3ccc(C)cc3)O2)cc1. The van der Waals surface area contributed by atoms with E-state index in [1.165, 1.54) is 24.3 Å². The lowest BCUT2D eigenvalue weighted by Gasteiger charge is -2.14. The molecule has 0 aliphatic carbocycles. The average molecular weight is 441 g/mol. The normalized spacial score (nSPS) is 20.1. The van der Waals surface area contributed by atoms with Gasteiger partial charge in [-0.3, -0.25) is 8.37 Å². The van der Waals surface area contributed by atoms with Crippen LogP contribution in [0.3, 0.4) is 0 Å². The van der Waals surface area contributed by atoms with E-state index in [1.807, 2.05) is 13.8 Å². The van der Waals surface area contributed by atoms with Crippen LogP contribution < -0.4 is 0 Å². The van der Waals surface area contributed by atoms with Gasteiger partial charge in [-0.05, 0) is 51.0 Å². The van der Waals surface area contributed by atoms with Crippen LogP contribution in [-0.2, 0) is 33.3 Å². The van der Waals surface area contributed by atoms with Crippen LogP contribution in [-0.4, -0.2) is 42.3 Å². The van der Waals surface area contributed by atoms with Crippen molar-refractivity contribution in [3.8, 4) is 0 Å². The molecule has 0 unspecified atom stereocenters. The highest BCUT2D eigenvalue weighted by Crippen LogP contribution is 2.23. The van der Waals surface area contributed by atoms with Gasteiger partial charge in [0.25, 0.3) is 20.2 Å². The molecule has 2 aromatic carbocycles. The smallest absolute Gasteiger partial charge is 0.297 e. The van der Waals surface area contributed by atoms with E-state index in [1.54, 1.807) is 24.3 Å². The second kappa shape index (κ2) is 8.93. The third-order valence-corrected chi connectivity index (χ3v) is 7.22. The lowest BCUT2D eigenvalue weighted by atomic mass is 10.2. The lowest BCUT2D eigenvalue weighted by molar-refractivity contribution is -0.000186. The molecular formula is C20H24O7S2. The Hall–Kier alpha value is -1.78. The molecule has 158 valence electrons. The van der Waals surface area contributed by atoms with Gasteiger partial charge in [0.05, 0.1) is 35.2 Å². The first kappa shape index (κ1) is 21.9. The summed E-state index contributed by atoms with van der Waals surface area (Å²) in [5.41, 5.74) is 1.90. The van der Waals surface area contributed by atoms with Crippen LogP contribution in [0.15, 0.2) is 58.3 Å². The van der Waals surface area contributed by atoms with Crippen LogP contribution in [0.25, 0.3) is 0 Å². The summed E-state index contributed by atoms with van der Waals surface area (Å²) in [6.07, 6.45) is 0.237. The van der Waals surface area contributed by atoms with Crippen LogP contribution in [0.1, 0.15) is 24.0 Å². The highest BCUT2D eigenvalue weighted by molar-refractivity contribution is 7.87. The minimum Gasteiger partial charge on any atom is -0.370 e. The number of benzene rings is 2. The van der Waals surface area contributed by atoms with E-state index in [0.717, 1.165) is 11.1 Å². The van der Waals surface area contributed by atoms with Crippen molar-refractivity contribution in [2.75, 3.05) is 13.2 Å². The number of ether oxygens (including phenoxy) is 1. The third-order valence-electron chi connectivity index (χ3n) is 4.63. The van der Waals surface area contributed by atoms with E-state index in [0.29, 0.717) is 12.8 Å². The maximum absolute atomic E-state index is 12.2. The first-order valence-electron chi connectivity index (χ1n) is 9.23. The van der Waals surface area contributed by atoms with Gasteiger partial charge < -0.3 is 4.74 Å². The van der Waals surface area contributed by atoms with E-state index >= 15 is 0 Å². The van der Waals surface area contributed by atoms with E-state index in [9.17, 15) is 16.8 Å². The Bertz CT molecular complexity index is 942. The van der Waals surface area contributed by atoms with Gasteiger partial charge in [0.15, 0.2) is 0 Å². The minimum atomic E-state index is -3.86. The fraction of sp³-hybridized carbons (Fsp3) is 0.400. The number of hydrogen-bond donors (Lipinski definition) is 0. The quantitative estimate of drug-likeness (QED) is 0.582. The van der Waals surface area contributed by atoms with Crippen molar-refractivity contribution in [3.63, 3.8) is 0 Å². The summed E-state index contributed by atoms with van der Waals surface area (Å²) in [6.45, 7) is 3.48. The zero-order valence-electron chi connectivity index (χ0n) is 16.3. The van der Waals surface area contributed by atoms with Crippen LogP contribution >= 0.6 is 0 Å². The molecule has 2 aromatic rings. The predicted octanol–water partition coefficient (Wildman–Crippen LogP) is 2.96. The molecule has 0 saturated carbocycles. The average Bonchev–Trinajstić information content (AvgIpc) is 3.14. The largest absolute Gasteiger partial charge is 0.370 e. The molecule has 0 radical (unpaired) electrons. The first-order valence-corrected chi connectivity index (χ1v) is 12.0. The summed E-state index contributed by atoms with van der Waals surface area (Å²) in [5, 5.41) is 0. The summed E-state index contributed by atoms with van der Waals surface area (Å²) in [6, 6.07) is 12.8. The van der Waals surface area contributed by atoms with Crippen molar-refractivity contribution < 1.29 is 29.9 Å². The standard InChI is InChI=1S/C20H24O7S2/c1-15-3-9-19(10-4-15)28(21,22)25-13-17-7-8-18(27-17)14-26-29(23,24)20-11-5-16(2)6-12-20/h3-6,9-12,17-18H,7-8,13-14H2,1-2H3/t17-,18+. The summed E-state index contributed by atoms with van der Waals surface area (Å²) in [4.78, 5) is 0.176. The maximum atomic E-state index is 12.2. The van der Waals surface area contributed by atoms with Crippen LogP contribution in [0.5, 0.6) is 0 Å². The molecular weight excluding hydrogens is 416 g/mol. The van der Waals surface area contributed by atoms with E-state index in [4.69, 9.17) is 13.1 Å². The van der Waals surface area contributed by atoms with Crippen molar-refractivity contribution in [1.82, 2.24) is 0 Å². The highest BCUT2D eigenvalue weighted by Gasteiger charge is 2.29. The first-order chi connectivity index (χ1) is 13.7. The van der Waals surface area contributed by atoms with Crippen molar-refractivity contribution >= 4 is 20.2 Å². The zero-order chi connectivity index (χ0) is 21.1. The molecule has 0 spiro atoms. The van der Waals surface area contributed by atoms with Gasteiger partial charge in [0.2, 0.25) is 0 Å². The number of hydrogen-bond acceptors (Lipinski definition) is 7. The fourth-order valence-electron chi connectivity index (χ4n) is 2.90. The van der Waals surface area contributed by atoms with E-state index in [2.05, 4.69) is 0 Å². The van der Waals surface area contributed by atoms with Gasteiger partial charge >= 0.3 is 0 Å². The van der Waals surface area contributed by atoms with E-state index in [-0.39, 0.29) is 23.0 Å². The van der Waals surface area contributed by atoms with Gasteiger partial charge in [0, 0.05) is 0 Å². The molecule has 0 N–H and O–H groups in total. The Morgan fingerprint density at radius 3 is 1.41 bits per heavy atom. The Morgan fingerprint density at radius 2 is 1.07 bits per heavy atom. The molecule has 9 heteroatoms. The summed E-state index contributed by atoms with van der Waals surface area (Å²) in [7, 11) is -7.73. The number of rotatable bonds is 8. The summed E-state index contributed by atoms with van der Waals surface area (Å²) in [5.74, 6) is 0.